The Kier molecular flexibility index (Phi) is 5.53. The van der Waals surface area contributed by atoms with Crippen molar-refractivity contribution in [2.45, 2.75) is 45.1 Å². The van der Waals surface area contributed by atoms with Gasteiger partial charge >= 0.3 is 0 Å². The molecule has 4 rings (SSSR count). The molecule has 0 radical (unpaired) electrons. The number of anilines is 1. The van der Waals surface area contributed by atoms with Crippen molar-refractivity contribution in [3.05, 3.63) is 52.2 Å². The van der Waals surface area contributed by atoms with Gasteiger partial charge in [0.15, 0.2) is 0 Å². The van der Waals surface area contributed by atoms with Crippen molar-refractivity contribution in [3.8, 4) is 0 Å². The second kappa shape index (κ2) is 8.21. The standard InChI is InChI=1S/C21H29N5O/c1-16-4-3-9-26(14-16)21-23-19(12-20(27)24-21)18-6-10-25(11-7-18)15-17-5-2-8-22-13-17/h2,5,8,12-13,16,18H,3-4,6-7,9-11,14-15H2,1H3,(H,23,24,27)/t16-/m0/s1. The van der Waals surface area contributed by atoms with Gasteiger partial charge in [-0.1, -0.05) is 13.0 Å². The van der Waals surface area contributed by atoms with Crippen molar-refractivity contribution >= 4 is 5.95 Å². The monoisotopic (exact) mass is 367 g/mol. The molecule has 2 aromatic rings. The first-order valence-corrected chi connectivity index (χ1v) is 10.1. The molecule has 27 heavy (non-hydrogen) atoms. The van der Waals surface area contributed by atoms with Crippen LogP contribution in [0.2, 0.25) is 0 Å². The maximum atomic E-state index is 12.2. The maximum Gasteiger partial charge on any atom is 0.252 e. The Morgan fingerprint density at radius 3 is 2.81 bits per heavy atom. The lowest BCUT2D eigenvalue weighted by Gasteiger charge is -2.33. The Morgan fingerprint density at radius 2 is 2.07 bits per heavy atom. The molecule has 0 aromatic carbocycles. The Balaban J connectivity index is 1.41. The quantitative estimate of drug-likeness (QED) is 0.900. The fourth-order valence-corrected chi connectivity index (χ4v) is 4.34. The number of hydrogen-bond acceptors (Lipinski definition) is 5. The van der Waals surface area contributed by atoms with E-state index in [1.807, 2.05) is 18.5 Å². The summed E-state index contributed by atoms with van der Waals surface area (Å²) in [5.74, 6) is 1.80. The summed E-state index contributed by atoms with van der Waals surface area (Å²) in [5.41, 5.74) is 2.20. The van der Waals surface area contributed by atoms with Crippen LogP contribution < -0.4 is 10.5 Å². The number of rotatable bonds is 4. The topological polar surface area (TPSA) is 65.1 Å². The van der Waals surface area contributed by atoms with Crippen LogP contribution in [0.4, 0.5) is 5.95 Å². The zero-order valence-electron chi connectivity index (χ0n) is 16.1. The van der Waals surface area contributed by atoms with E-state index in [0.29, 0.717) is 11.8 Å². The summed E-state index contributed by atoms with van der Waals surface area (Å²) in [6.45, 7) is 7.25. The molecule has 2 aliphatic heterocycles. The van der Waals surface area contributed by atoms with Gasteiger partial charge < -0.3 is 4.90 Å². The summed E-state index contributed by atoms with van der Waals surface area (Å²) >= 11 is 0. The number of pyridine rings is 1. The molecule has 2 aliphatic rings. The SMILES string of the molecule is C[C@H]1CCCN(c2nc(C3CCN(Cc4cccnc4)CC3)cc(=O)[nH]2)C1. The summed E-state index contributed by atoms with van der Waals surface area (Å²) < 4.78 is 0. The van der Waals surface area contributed by atoms with Gasteiger partial charge in [-0.3, -0.25) is 19.7 Å². The van der Waals surface area contributed by atoms with Gasteiger partial charge in [-0.25, -0.2) is 4.98 Å². The molecular weight excluding hydrogens is 338 g/mol. The van der Waals surface area contributed by atoms with E-state index in [-0.39, 0.29) is 5.56 Å². The first-order valence-electron chi connectivity index (χ1n) is 10.1. The molecule has 0 spiro atoms. The molecule has 0 bridgehead atoms. The van der Waals surface area contributed by atoms with Gasteiger partial charge in [-0.2, -0.15) is 0 Å². The molecule has 6 nitrogen and oxygen atoms in total. The first-order chi connectivity index (χ1) is 13.2. The number of nitrogens with one attached hydrogen (secondary N) is 1. The highest BCUT2D eigenvalue weighted by Gasteiger charge is 2.24. The van der Waals surface area contributed by atoms with E-state index in [0.717, 1.165) is 57.2 Å². The molecule has 2 saturated heterocycles. The van der Waals surface area contributed by atoms with Gasteiger partial charge in [0.2, 0.25) is 5.95 Å². The molecule has 0 amide bonds. The van der Waals surface area contributed by atoms with Crippen LogP contribution in [0.5, 0.6) is 0 Å². The Hall–Kier alpha value is -2.21. The fourth-order valence-electron chi connectivity index (χ4n) is 4.34. The zero-order valence-corrected chi connectivity index (χ0v) is 16.1. The van der Waals surface area contributed by atoms with Gasteiger partial charge in [0.25, 0.3) is 5.56 Å². The second-order valence-electron chi connectivity index (χ2n) is 8.10. The van der Waals surface area contributed by atoms with Crippen LogP contribution in [0, 0.1) is 5.92 Å². The third-order valence-corrected chi connectivity index (χ3v) is 5.84. The average molecular weight is 367 g/mol. The Morgan fingerprint density at radius 1 is 1.22 bits per heavy atom. The van der Waals surface area contributed by atoms with Crippen molar-refractivity contribution < 1.29 is 0 Å². The second-order valence-corrected chi connectivity index (χ2v) is 8.10. The molecule has 2 aromatic heterocycles. The van der Waals surface area contributed by atoms with Crippen molar-refractivity contribution in [2.24, 2.45) is 5.92 Å². The predicted molar refractivity (Wildman–Crippen MR) is 107 cm³/mol. The van der Waals surface area contributed by atoms with Gasteiger partial charge in [-0.05, 0) is 56.3 Å². The predicted octanol–water partition coefficient (Wildman–Crippen LogP) is 2.78. The summed E-state index contributed by atoms with van der Waals surface area (Å²) in [4.78, 5) is 29.0. The van der Waals surface area contributed by atoms with Crippen LogP contribution in [0.15, 0.2) is 35.4 Å². The normalized spacial score (nSPS) is 22.1. The summed E-state index contributed by atoms with van der Waals surface area (Å²) in [6.07, 6.45) is 8.28. The Labute approximate surface area is 160 Å². The number of H-pyrrole nitrogens is 1. The van der Waals surface area contributed by atoms with Crippen molar-refractivity contribution in [2.75, 3.05) is 31.1 Å². The minimum atomic E-state index is -0.0222. The number of likely N-dealkylation sites (tertiary alicyclic amines) is 1. The third kappa shape index (κ3) is 4.56. The largest absolute Gasteiger partial charge is 0.342 e. The molecule has 1 N–H and O–H groups in total. The fraction of sp³-hybridized carbons (Fsp3) is 0.571. The minimum Gasteiger partial charge on any atom is -0.342 e. The minimum absolute atomic E-state index is 0.0222. The van der Waals surface area contributed by atoms with Crippen molar-refractivity contribution in [1.29, 1.82) is 0 Å². The smallest absolute Gasteiger partial charge is 0.252 e. The van der Waals surface area contributed by atoms with E-state index in [4.69, 9.17) is 4.98 Å². The summed E-state index contributed by atoms with van der Waals surface area (Å²) in [5, 5.41) is 0. The van der Waals surface area contributed by atoms with Crippen LogP contribution in [0.1, 0.15) is 49.8 Å². The Bertz CT molecular complexity index is 798. The zero-order chi connectivity index (χ0) is 18.6. The van der Waals surface area contributed by atoms with Crippen LogP contribution in [-0.4, -0.2) is 46.0 Å². The highest BCUT2D eigenvalue weighted by atomic mass is 16.1. The van der Waals surface area contributed by atoms with Crippen LogP contribution in [-0.2, 0) is 6.54 Å². The lowest BCUT2D eigenvalue weighted by molar-refractivity contribution is 0.203. The van der Waals surface area contributed by atoms with E-state index in [9.17, 15) is 4.79 Å². The molecule has 4 heterocycles. The van der Waals surface area contributed by atoms with Gasteiger partial charge in [0, 0.05) is 44.0 Å². The molecule has 0 aliphatic carbocycles. The lowest BCUT2D eigenvalue weighted by atomic mass is 9.93. The van der Waals surface area contributed by atoms with E-state index in [1.54, 1.807) is 6.07 Å². The molecular formula is C21H29N5O. The van der Waals surface area contributed by atoms with Crippen molar-refractivity contribution in [3.63, 3.8) is 0 Å². The van der Waals surface area contributed by atoms with Crippen LogP contribution in [0.3, 0.4) is 0 Å². The molecule has 0 unspecified atom stereocenters. The van der Waals surface area contributed by atoms with Crippen molar-refractivity contribution in [1.82, 2.24) is 19.9 Å². The van der Waals surface area contributed by atoms with Crippen LogP contribution >= 0.6 is 0 Å². The van der Waals surface area contributed by atoms with E-state index >= 15 is 0 Å². The van der Waals surface area contributed by atoms with E-state index < -0.39 is 0 Å². The lowest BCUT2D eigenvalue weighted by Crippen LogP contribution is -2.37. The maximum absolute atomic E-state index is 12.2. The molecule has 1 atom stereocenters. The van der Waals surface area contributed by atoms with Gasteiger partial charge in [-0.15, -0.1) is 0 Å². The number of aromatic nitrogens is 3. The highest BCUT2D eigenvalue weighted by Crippen LogP contribution is 2.28. The first kappa shape index (κ1) is 18.2. The summed E-state index contributed by atoms with van der Waals surface area (Å²) in [7, 11) is 0. The van der Waals surface area contributed by atoms with Crippen LogP contribution in [0.25, 0.3) is 0 Å². The molecule has 0 saturated carbocycles. The average Bonchev–Trinajstić information content (AvgIpc) is 2.69. The summed E-state index contributed by atoms with van der Waals surface area (Å²) in [6, 6.07) is 5.83. The number of hydrogen-bond donors (Lipinski definition) is 1. The number of aromatic amines is 1. The number of piperidine rings is 2. The highest BCUT2D eigenvalue weighted by molar-refractivity contribution is 5.32. The van der Waals surface area contributed by atoms with E-state index in [1.165, 1.54) is 18.4 Å². The number of nitrogens with zero attached hydrogens (tertiary/aromatic N) is 4. The molecule has 144 valence electrons. The molecule has 2 fully saturated rings. The van der Waals surface area contributed by atoms with Gasteiger partial charge in [0.05, 0.1) is 5.69 Å². The van der Waals surface area contributed by atoms with E-state index in [2.05, 4.69) is 32.8 Å². The van der Waals surface area contributed by atoms with Gasteiger partial charge in [0.1, 0.15) is 0 Å². The molecule has 6 heteroatoms. The third-order valence-electron chi connectivity index (χ3n) is 5.84.